The van der Waals surface area contributed by atoms with Gasteiger partial charge in [-0.25, -0.2) is 0 Å². The van der Waals surface area contributed by atoms with Crippen molar-refractivity contribution in [2.75, 3.05) is 13.2 Å². The van der Waals surface area contributed by atoms with Crippen molar-refractivity contribution in [2.45, 2.75) is 94.0 Å². The quantitative estimate of drug-likeness (QED) is 0.0596. The number of hydroxylamine groups is 2. The van der Waals surface area contributed by atoms with E-state index in [4.69, 9.17) is 9.47 Å². The van der Waals surface area contributed by atoms with Crippen molar-refractivity contribution >= 4 is 5.91 Å². The van der Waals surface area contributed by atoms with Gasteiger partial charge in [0.2, 0.25) is 0 Å². The molecule has 1 aromatic heterocycles. The fourth-order valence-corrected chi connectivity index (χ4v) is 4.74. The Bertz CT molecular complexity index is 1210. The molecular formula is C29H42N3O13-. The van der Waals surface area contributed by atoms with Crippen LogP contribution in [0, 0.1) is 10.4 Å². The average molecular weight is 641 g/mol. The molecule has 1 amide bonds. The summed E-state index contributed by atoms with van der Waals surface area (Å²) in [5.74, 6) is -1.09. The Balaban J connectivity index is 1.69. The maximum Gasteiger partial charge on any atom is 0.251 e. The van der Waals surface area contributed by atoms with Crippen LogP contribution in [0.4, 0.5) is 0 Å². The molecule has 1 saturated heterocycles. The molecule has 1 aliphatic rings. The number of rotatable bonds is 13. The molecule has 9 N–H and O–H groups in total. The lowest BCUT2D eigenvalue weighted by atomic mass is 9.94. The first kappa shape index (κ1) is 36.6. The average Bonchev–Trinajstić information content (AvgIpc) is 3.02. The van der Waals surface area contributed by atoms with Gasteiger partial charge in [-0.2, -0.15) is 4.73 Å². The minimum atomic E-state index is -2.22. The van der Waals surface area contributed by atoms with E-state index in [9.17, 15) is 56.1 Å². The Morgan fingerprint density at radius 2 is 1.58 bits per heavy atom. The molecule has 16 heteroatoms. The highest BCUT2D eigenvalue weighted by molar-refractivity contribution is 5.81. The zero-order valence-corrected chi connectivity index (χ0v) is 25.0. The van der Waals surface area contributed by atoms with Crippen LogP contribution in [0.25, 0.3) is 0 Å². The summed E-state index contributed by atoms with van der Waals surface area (Å²) in [6.45, 7) is 3.35. The number of nitrogens with zero attached hydrogens (tertiary/aromatic N) is 2. The van der Waals surface area contributed by atoms with Crippen LogP contribution in [-0.2, 0) is 20.8 Å². The van der Waals surface area contributed by atoms with Crippen LogP contribution in [0.15, 0.2) is 48.8 Å². The van der Waals surface area contributed by atoms with E-state index in [1.54, 1.807) is 57.2 Å². The Kier molecular flexibility index (Phi) is 12.7. The molecule has 45 heavy (non-hydrogen) atoms. The summed E-state index contributed by atoms with van der Waals surface area (Å²) in [6.07, 6.45) is -14.3. The van der Waals surface area contributed by atoms with Crippen LogP contribution >= 0.6 is 0 Å². The number of nitrogens with one attached hydrogen (secondary N) is 1. The topological polar surface area (TPSA) is 263 Å². The Labute approximate surface area is 259 Å². The first-order valence-electron chi connectivity index (χ1n) is 14.2. The van der Waals surface area contributed by atoms with Crippen LogP contribution in [0.5, 0.6) is 0 Å². The van der Waals surface area contributed by atoms with Gasteiger partial charge in [0.25, 0.3) is 5.91 Å². The fraction of sp³-hybridized carbons (Fsp3) is 0.586. The number of carbonyl (C=O) groups is 1. The van der Waals surface area contributed by atoms with Gasteiger partial charge in [-0.15, -0.1) is 0 Å². The highest BCUT2D eigenvalue weighted by Gasteiger charge is 2.47. The smallest absolute Gasteiger partial charge is 0.251 e. The third-order valence-electron chi connectivity index (χ3n) is 7.44. The van der Waals surface area contributed by atoms with E-state index in [-0.39, 0.29) is 6.54 Å². The normalized spacial score (nSPS) is 25.8. The van der Waals surface area contributed by atoms with Crippen LogP contribution < -0.4 is 10.0 Å². The van der Waals surface area contributed by atoms with Gasteiger partial charge in [0.15, 0.2) is 24.8 Å². The van der Waals surface area contributed by atoms with E-state index in [0.29, 0.717) is 21.4 Å². The summed E-state index contributed by atoms with van der Waals surface area (Å²) in [5.41, 5.74) is 0.984. The predicted molar refractivity (Wildman–Crippen MR) is 154 cm³/mol. The Morgan fingerprint density at radius 3 is 2.11 bits per heavy atom. The molecule has 1 aliphatic heterocycles. The zero-order valence-electron chi connectivity index (χ0n) is 25.0. The SMILES string of the molecule is CC(C)(C)N([O-])C(c1ccc(CNC(=O)[C@H](O)[C@@H](O)[C@H](O[C@@H]2O[C@H](CO)[C@H](O)[C@H](O)[C@H]2O)[C@H](O)CO)cc1)c1cc[n+]([O-])cc1. The number of aliphatic hydroxyl groups is 8. The molecule has 2 aromatic rings. The van der Waals surface area contributed by atoms with Crippen LogP contribution in [0.2, 0.25) is 0 Å². The lowest BCUT2D eigenvalue weighted by molar-refractivity contribution is -0.605. The van der Waals surface area contributed by atoms with Gasteiger partial charge in [-0.3, -0.25) is 4.79 Å². The fourth-order valence-electron chi connectivity index (χ4n) is 4.74. The van der Waals surface area contributed by atoms with E-state index in [0.717, 1.165) is 5.06 Å². The van der Waals surface area contributed by atoms with Crippen LogP contribution in [0.3, 0.4) is 0 Å². The van der Waals surface area contributed by atoms with Crippen molar-refractivity contribution in [3.05, 3.63) is 75.9 Å². The number of hydrogen-bond acceptors (Lipinski definition) is 14. The van der Waals surface area contributed by atoms with Crippen molar-refractivity contribution in [3.63, 3.8) is 0 Å². The molecule has 0 aliphatic carbocycles. The number of hydrogen-bond donors (Lipinski definition) is 9. The molecule has 0 spiro atoms. The number of aliphatic hydroxyl groups excluding tert-OH is 8. The summed E-state index contributed by atoms with van der Waals surface area (Å²) in [5, 5.41) is 108. The molecule has 1 aromatic carbocycles. The van der Waals surface area contributed by atoms with E-state index in [1.807, 2.05) is 0 Å². The molecule has 2 heterocycles. The van der Waals surface area contributed by atoms with Crippen molar-refractivity contribution in [3.8, 4) is 0 Å². The lowest BCUT2D eigenvalue weighted by Crippen LogP contribution is -2.62. The lowest BCUT2D eigenvalue weighted by Gasteiger charge is -2.47. The molecule has 0 bridgehead atoms. The molecule has 0 radical (unpaired) electrons. The van der Waals surface area contributed by atoms with Gasteiger partial charge in [0.05, 0.1) is 13.2 Å². The maximum atomic E-state index is 13.2. The summed E-state index contributed by atoms with van der Waals surface area (Å²) >= 11 is 0. The maximum absolute atomic E-state index is 13.2. The minimum absolute atomic E-state index is 0.129. The monoisotopic (exact) mass is 640 g/mol. The summed E-state index contributed by atoms with van der Waals surface area (Å²) in [6, 6.07) is 8.99. The highest BCUT2D eigenvalue weighted by atomic mass is 16.7. The summed E-state index contributed by atoms with van der Waals surface area (Å²) in [4.78, 5) is 12.7. The largest absolute Gasteiger partial charge is 0.784 e. The number of pyridine rings is 1. The van der Waals surface area contributed by atoms with Gasteiger partial charge in [0.1, 0.15) is 42.7 Å². The highest BCUT2D eigenvalue weighted by Crippen LogP contribution is 2.33. The molecule has 10 atom stereocenters. The number of benzene rings is 1. The van der Waals surface area contributed by atoms with E-state index in [2.05, 4.69) is 5.32 Å². The van der Waals surface area contributed by atoms with Crippen molar-refractivity contribution in [1.29, 1.82) is 0 Å². The van der Waals surface area contributed by atoms with Gasteiger partial charge in [0, 0.05) is 30.3 Å². The van der Waals surface area contributed by atoms with Gasteiger partial charge in [-0.05, 0) is 37.5 Å². The second-order valence-corrected chi connectivity index (χ2v) is 11.8. The zero-order chi connectivity index (χ0) is 33.6. The third kappa shape index (κ3) is 8.91. The predicted octanol–water partition coefficient (Wildman–Crippen LogP) is -3.12. The standard InChI is InChI=1S/C29H42N3O13/c1-29(2,3)32(43)20(17-8-10-31(42)11-9-17)16-6-4-15(5-7-16)12-30-27(41)24(39)23(38)26(18(35)13-33)45-28-25(40)22(37)21(36)19(14-34)44-28/h4-11,18-26,28,33-40H,12-14H2,1-3H3,(H,30,41)/q-1/t18-,19-,20?,21+,22+,23-,24-,25-,26-,28+/m1/s1. The van der Waals surface area contributed by atoms with Crippen molar-refractivity contribution in [1.82, 2.24) is 10.4 Å². The first-order valence-corrected chi connectivity index (χ1v) is 14.2. The van der Waals surface area contributed by atoms with Gasteiger partial charge < -0.3 is 71.1 Å². The van der Waals surface area contributed by atoms with Crippen LogP contribution in [0.1, 0.15) is 43.5 Å². The Hall–Kier alpha value is -2.84. The van der Waals surface area contributed by atoms with Crippen molar-refractivity contribution in [2.24, 2.45) is 0 Å². The number of ether oxygens (including phenoxy) is 2. The molecule has 0 saturated carbocycles. The summed E-state index contributed by atoms with van der Waals surface area (Å²) < 4.78 is 11.1. The van der Waals surface area contributed by atoms with Crippen LogP contribution in [-0.4, -0.2) is 126 Å². The second-order valence-electron chi connectivity index (χ2n) is 11.8. The molecule has 1 fully saturated rings. The third-order valence-corrected chi connectivity index (χ3v) is 7.44. The summed E-state index contributed by atoms with van der Waals surface area (Å²) in [7, 11) is 0. The molecule has 16 nitrogen and oxygen atoms in total. The number of aromatic nitrogens is 1. The van der Waals surface area contributed by atoms with E-state index in [1.165, 1.54) is 12.4 Å². The van der Waals surface area contributed by atoms with Gasteiger partial charge >= 0.3 is 0 Å². The number of carbonyl (C=O) groups excluding carboxylic acids is 1. The van der Waals surface area contributed by atoms with E-state index >= 15 is 0 Å². The minimum Gasteiger partial charge on any atom is -0.784 e. The van der Waals surface area contributed by atoms with E-state index < -0.39 is 85.8 Å². The second kappa shape index (κ2) is 15.6. The first-order chi connectivity index (χ1) is 21.1. The molecular weight excluding hydrogens is 598 g/mol. The van der Waals surface area contributed by atoms with Gasteiger partial charge in [-0.1, -0.05) is 24.3 Å². The number of amides is 1. The Morgan fingerprint density at radius 1 is 1.00 bits per heavy atom. The van der Waals surface area contributed by atoms with Crippen molar-refractivity contribution < 1.29 is 59.9 Å². The molecule has 3 rings (SSSR count). The molecule has 252 valence electrons. The molecule has 1 unspecified atom stereocenters.